The lowest BCUT2D eigenvalue weighted by molar-refractivity contribution is 0.337. The summed E-state index contributed by atoms with van der Waals surface area (Å²) >= 11 is 0. The van der Waals surface area contributed by atoms with Crippen LogP contribution < -0.4 is 0 Å². The third-order valence-corrected chi connectivity index (χ3v) is 4.90. The molecule has 1 aliphatic rings. The van der Waals surface area contributed by atoms with Crippen molar-refractivity contribution in [2.75, 3.05) is 13.1 Å². The van der Waals surface area contributed by atoms with E-state index in [1.807, 2.05) is 18.2 Å². The van der Waals surface area contributed by atoms with Gasteiger partial charge in [0.2, 0.25) is 0 Å². The lowest BCUT2D eigenvalue weighted by Crippen LogP contribution is -2.37. The third kappa shape index (κ3) is 4.51. The van der Waals surface area contributed by atoms with Gasteiger partial charge in [-0.3, -0.25) is 9.98 Å². The minimum absolute atomic E-state index is 0.304. The van der Waals surface area contributed by atoms with Crippen molar-refractivity contribution in [3.63, 3.8) is 0 Å². The van der Waals surface area contributed by atoms with E-state index in [9.17, 15) is 5.11 Å². The van der Waals surface area contributed by atoms with Crippen LogP contribution in [0, 0.1) is 6.92 Å². The molecule has 0 amide bonds. The van der Waals surface area contributed by atoms with Gasteiger partial charge in [0.05, 0.1) is 12.2 Å². The Morgan fingerprint density at radius 1 is 1.08 bits per heavy atom. The van der Waals surface area contributed by atoms with E-state index in [-0.39, 0.29) is 0 Å². The fourth-order valence-electron chi connectivity index (χ4n) is 3.38. The first-order valence-electron chi connectivity index (χ1n) is 9.29. The van der Waals surface area contributed by atoms with Gasteiger partial charge >= 0.3 is 0 Å². The number of amidine groups is 1. The first kappa shape index (κ1) is 18.2. The van der Waals surface area contributed by atoms with Crippen molar-refractivity contribution in [2.24, 2.45) is 9.98 Å². The van der Waals surface area contributed by atoms with E-state index in [0.29, 0.717) is 12.3 Å². The molecule has 2 aromatic carbocycles. The Hall–Kier alpha value is -2.62. The predicted molar refractivity (Wildman–Crippen MR) is 109 cm³/mol. The maximum atomic E-state index is 10.0. The van der Waals surface area contributed by atoms with Gasteiger partial charge < -0.3 is 10.0 Å². The number of aliphatic imine (C=N–C) groups is 2. The molecule has 1 saturated heterocycles. The molecule has 0 unspecified atom stereocenters. The van der Waals surface area contributed by atoms with Gasteiger partial charge in [-0.05, 0) is 56.2 Å². The zero-order valence-electron chi connectivity index (χ0n) is 15.5. The molecule has 1 heterocycles. The molecule has 0 atom stereocenters. The lowest BCUT2D eigenvalue weighted by atomic mass is 10.0. The normalized spacial score (nSPS) is 15.1. The van der Waals surface area contributed by atoms with E-state index in [1.54, 1.807) is 6.07 Å². The Bertz CT molecular complexity index is 792. The van der Waals surface area contributed by atoms with E-state index in [2.05, 4.69) is 41.7 Å². The van der Waals surface area contributed by atoms with Gasteiger partial charge in [-0.25, -0.2) is 0 Å². The summed E-state index contributed by atoms with van der Waals surface area (Å²) in [6.45, 7) is 8.36. The van der Waals surface area contributed by atoms with Crippen LogP contribution in [0.2, 0.25) is 0 Å². The second-order valence-electron chi connectivity index (χ2n) is 6.88. The van der Waals surface area contributed by atoms with Crippen molar-refractivity contribution >= 4 is 18.2 Å². The molecule has 136 valence electrons. The van der Waals surface area contributed by atoms with Crippen molar-refractivity contribution in [2.45, 2.75) is 39.2 Å². The fourth-order valence-corrected chi connectivity index (χ4v) is 3.38. The highest BCUT2D eigenvalue weighted by molar-refractivity contribution is 5.86. The van der Waals surface area contributed by atoms with Gasteiger partial charge in [0.25, 0.3) is 0 Å². The van der Waals surface area contributed by atoms with E-state index in [0.717, 1.165) is 42.2 Å². The smallest absolute Gasteiger partial charge is 0.120 e. The molecule has 1 fully saturated rings. The van der Waals surface area contributed by atoms with E-state index >= 15 is 0 Å². The SMILES string of the molecule is C=Nc1cc(C)ccc1CC(=NCc1ccccc1O)N1CCCCC1. The molecule has 0 saturated carbocycles. The number of para-hydroxylation sites is 1. The highest BCUT2D eigenvalue weighted by Gasteiger charge is 2.17. The number of rotatable bonds is 5. The maximum absolute atomic E-state index is 10.0. The number of piperidine rings is 1. The third-order valence-electron chi connectivity index (χ3n) is 4.90. The van der Waals surface area contributed by atoms with Crippen LogP contribution in [0.15, 0.2) is 52.4 Å². The van der Waals surface area contributed by atoms with Crippen LogP contribution in [-0.4, -0.2) is 35.6 Å². The molecule has 1 aliphatic heterocycles. The summed E-state index contributed by atoms with van der Waals surface area (Å²) < 4.78 is 0. The van der Waals surface area contributed by atoms with Crippen molar-refractivity contribution < 1.29 is 5.11 Å². The minimum atomic E-state index is 0.304. The first-order chi connectivity index (χ1) is 12.7. The number of likely N-dealkylation sites (tertiary alicyclic amines) is 1. The average molecular weight is 349 g/mol. The van der Waals surface area contributed by atoms with Crippen molar-refractivity contribution in [1.29, 1.82) is 0 Å². The molecular formula is C22H27N3O. The molecule has 0 aromatic heterocycles. The Morgan fingerprint density at radius 2 is 1.85 bits per heavy atom. The largest absolute Gasteiger partial charge is 0.508 e. The summed E-state index contributed by atoms with van der Waals surface area (Å²) in [4.78, 5) is 11.5. The number of benzene rings is 2. The molecule has 2 aromatic rings. The summed E-state index contributed by atoms with van der Waals surface area (Å²) in [5, 5.41) is 10.0. The fraction of sp³-hybridized carbons (Fsp3) is 0.364. The number of hydrogen-bond acceptors (Lipinski definition) is 3. The van der Waals surface area contributed by atoms with Crippen molar-refractivity contribution in [3.05, 3.63) is 59.2 Å². The van der Waals surface area contributed by atoms with Gasteiger partial charge in [0, 0.05) is 25.1 Å². The number of aryl methyl sites for hydroxylation is 1. The van der Waals surface area contributed by atoms with Gasteiger partial charge in [-0.1, -0.05) is 30.3 Å². The maximum Gasteiger partial charge on any atom is 0.120 e. The molecule has 1 N–H and O–H groups in total. The van der Waals surface area contributed by atoms with E-state index < -0.39 is 0 Å². The monoisotopic (exact) mass is 349 g/mol. The molecular weight excluding hydrogens is 322 g/mol. The second-order valence-corrected chi connectivity index (χ2v) is 6.88. The number of nitrogens with zero attached hydrogens (tertiary/aromatic N) is 3. The Kier molecular flexibility index (Phi) is 6.05. The topological polar surface area (TPSA) is 48.2 Å². The quantitative estimate of drug-likeness (QED) is 0.630. The molecule has 0 aliphatic carbocycles. The summed E-state index contributed by atoms with van der Waals surface area (Å²) in [5.74, 6) is 1.37. The molecule has 3 rings (SSSR count). The highest BCUT2D eigenvalue weighted by Crippen LogP contribution is 2.23. The number of aromatic hydroxyl groups is 1. The lowest BCUT2D eigenvalue weighted by Gasteiger charge is -2.30. The molecule has 4 nitrogen and oxygen atoms in total. The van der Waals surface area contributed by atoms with Crippen molar-refractivity contribution in [3.8, 4) is 5.75 Å². The van der Waals surface area contributed by atoms with Crippen LogP contribution in [-0.2, 0) is 13.0 Å². The summed E-state index contributed by atoms with van der Waals surface area (Å²) in [6.07, 6.45) is 4.43. The Labute approximate surface area is 155 Å². The average Bonchev–Trinajstić information content (AvgIpc) is 2.68. The number of phenols is 1. The van der Waals surface area contributed by atoms with Crippen LogP contribution in [0.1, 0.15) is 36.0 Å². The zero-order chi connectivity index (χ0) is 18.4. The number of phenolic OH excluding ortho intramolecular Hbond substituents is 1. The molecule has 4 heteroatoms. The van der Waals surface area contributed by atoms with Crippen LogP contribution in [0.25, 0.3) is 0 Å². The van der Waals surface area contributed by atoms with Gasteiger partial charge in [-0.15, -0.1) is 0 Å². The predicted octanol–water partition coefficient (Wildman–Crippen LogP) is 4.66. The van der Waals surface area contributed by atoms with Crippen LogP contribution >= 0.6 is 0 Å². The standard InChI is InChI=1S/C22H27N3O/c1-17-10-11-18(20(14-17)23-2)15-22(25-12-6-3-7-13-25)24-16-19-8-4-5-9-21(19)26/h4-5,8-11,14,26H,2-3,6-7,12-13,15-16H2,1H3. The van der Waals surface area contributed by atoms with Gasteiger partial charge in [0.1, 0.15) is 11.6 Å². The highest BCUT2D eigenvalue weighted by atomic mass is 16.3. The van der Waals surface area contributed by atoms with Crippen LogP contribution in [0.3, 0.4) is 0 Å². The first-order valence-corrected chi connectivity index (χ1v) is 9.29. The minimum Gasteiger partial charge on any atom is -0.508 e. The Balaban J connectivity index is 1.87. The van der Waals surface area contributed by atoms with E-state index in [4.69, 9.17) is 4.99 Å². The Morgan fingerprint density at radius 3 is 2.58 bits per heavy atom. The molecule has 0 radical (unpaired) electrons. The molecule has 0 spiro atoms. The second kappa shape index (κ2) is 8.65. The van der Waals surface area contributed by atoms with Gasteiger partial charge in [0.15, 0.2) is 0 Å². The van der Waals surface area contributed by atoms with Crippen molar-refractivity contribution in [1.82, 2.24) is 4.90 Å². The summed E-state index contributed by atoms with van der Waals surface area (Å²) in [6, 6.07) is 13.7. The molecule has 26 heavy (non-hydrogen) atoms. The van der Waals surface area contributed by atoms with E-state index in [1.165, 1.54) is 24.8 Å². The zero-order valence-corrected chi connectivity index (χ0v) is 15.5. The van der Waals surface area contributed by atoms with Gasteiger partial charge in [-0.2, -0.15) is 0 Å². The summed E-state index contributed by atoms with van der Waals surface area (Å²) in [5.41, 5.74) is 4.11. The number of hydrogen-bond donors (Lipinski definition) is 1. The molecule has 0 bridgehead atoms. The van der Waals surface area contributed by atoms with Crippen LogP contribution in [0.5, 0.6) is 5.75 Å². The van der Waals surface area contributed by atoms with Crippen LogP contribution in [0.4, 0.5) is 5.69 Å². The summed E-state index contributed by atoms with van der Waals surface area (Å²) in [7, 11) is 0.